The van der Waals surface area contributed by atoms with Crippen molar-refractivity contribution in [1.29, 1.82) is 0 Å². The topological polar surface area (TPSA) is 44.6 Å². The lowest BCUT2D eigenvalue weighted by atomic mass is 10.0. The molecule has 2 aliphatic heterocycles. The molecule has 0 atom stereocenters. The summed E-state index contributed by atoms with van der Waals surface area (Å²) in [6.07, 6.45) is 7.13. The SMILES string of the molecule is Cc1ccc(-n2cc(C3=CCN(CC(=O)N4CCN(c5ccccc5F)CC4)CC3)cn2)cc1C. The minimum Gasteiger partial charge on any atom is -0.366 e. The normalized spacial score (nSPS) is 16.9. The molecule has 3 heterocycles. The van der Waals surface area contributed by atoms with Crippen LogP contribution in [0.15, 0.2) is 60.9 Å². The number of amides is 1. The van der Waals surface area contributed by atoms with Gasteiger partial charge in [0.1, 0.15) is 5.82 Å². The number of hydrogen-bond donors (Lipinski definition) is 0. The molecule has 3 aromatic rings. The molecule has 5 rings (SSSR count). The number of aromatic nitrogens is 2. The third-order valence-electron chi connectivity index (χ3n) is 7.19. The van der Waals surface area contributed by atoms with E-state index in [1.54, 1.807) is 12.1 Å². The van der Waals surface area contributed by atoms with E-state index in [1.165, 1.54) is 22.8 Å². The standard InChI is InChI=1S/C28H32FN5O/c1-21-7-8-25(17-22(21)2)34-19-24(18-30-34)23-9-11-31(12-10-23)20-28(35)33-15-13-32(14-16-33)27-6-4-3-5-26(27)29/h3-9,17-19H,10-16,20H2,1-2H3. The van der Waals surface area contributed by atoms with Crippen LogP contribution in [0.1, 0.15) is 23.1 Å². The van der Waals surface area contributed by atoms with Crippen LogP contribution in [-0.4, -0.2) is 71.3 Å². The Morgan fingerprint density at radius 2 is 1.80 bits per heavy atom. The maximum Gasteiger partial charge on any atom is 0.236 e. The van der Waals surface area contributed by atoms with Crippen molar-refractivity contribution in [2.75, 3.05) is 50.7 Å². The molecule has 0 spiro atoms. The van der Waals surface area contributed by atoms with Gasteiger partial charge in [-0.2, -0.15) is 5.10 Å². The van der Waals surface area contributed by atoms with Crippen molar-refractivity contribution in [1.82, 2.24) is 19.6 Å². The highest BCUT2D eigenvalue weighted by Crippen LogP contribution is 2.24. The number of carbonyl (C=O) groups is 1. The summed E-state index contributed by atoms with van der Waals surface area (Å²) in [4.78, 5) is 19.0. The van der Waals surface area contributed by atoms with Crippen molar-refractivity contribution in [3.8, 4) is 5.69 Å². The fraction of sp³-hybridized carbons (Fsp3) is 0.357. The summed E-state index contributed by atoms with van der Waals surface area (Å²) in [6, 6.07) is 13.2. The number of hydrogen-bond acceptors (Lipinski definition) is 4. The summed E-state index contributed by atoms with van der Waals surface area (Å²) in [5, 5.41) is 4.57. The lowest BCUT2D eigenvalue weighted by Gasteiger charge is -2.37. The third-order valence-corrected chi connectivity index (χ3v) is 7.19. The Kier molecular flexibility index (Phi) is 6.68. The summed E-state index contributed by atoms with van der Waals surface area (Å²) >= 11 is 0. The van der Waals surface area contributed by atoms with Gasteiger partial charge in [0.25, 0.3) is 0 Å². The van der Waals surface area contributed by atoms with Gasteiger partial charge in [-0.05, 0) is 61.2 Å². The molecule has 0 bridgehead atoms. The molecule has 1 aromatic heterocycles. The molecule has 0 N–H and O–H groups in total. The second-order valence-electron chi connectivity index (χ2n) is 9.48. The van der Waals surface area contributed by atoms with Gasteiger partial charge in [0.05, 0.1) is 24.1 Å². The molecule has 0 radical (unpaired) electrons. The van der Waals surface area contributed by atoms with Crippen LogP contribution in [0, 0.1) is 19.7 Å². The average Bonchev–Trinajstić information content (AvgIpc) is 3.37. The van der Waals surface area contributed by atoms with E-state index in [9.17, 15) is 9.18 Å². The first-order valence-electron chi connectivity index (χ1n) is 12.3. The van der Waals surface area contributed by atoms with Crippen molar-refractivity contribution in [2.45, 2.75) is 20.3 Å². The Hall–Kier alpha value is -3.45. The number of anilines is 1. The summed E-state index contributed by atoms with van der Waals surface area (Å²) in [6.45, 7) is 8.81. The number of benzene rings is 2. The Labute approximate surface area is 206 Å². The zero-order valence-electron chi connectivity index (χ0n) is 20.5. The van der Waals surface area contributed by atoms with Crippen molar-refractivity contribution in [3.05, 3.63) is 83.4 Å². The molecule has 7 heteroatoms. The monoisotopic (exact) mass is 473 g/mol. The minimum absolute atomic E-state index is 0.151. The van der Waals surface area contributed by atoms with Crippen molar-refractivity contribution < 1.29 is 9.18 Å². The predicted octanol–water partition coefficient (Wildman–Crippen LogP) is 4.07. The number of piperazine rings is 1. The highest BCUT2D eigenvalue weighted by molar-refractivity contribution is 5.79. The molecular formula is C28H32FN5O. The van der Waals surface area contributed by atoms with E-state index in [0.717, 1.165) is 30.8 Å². The zero-order valence-corrected chi connectivity index (χ0v) is 20.5. The largest absolute Gasteiger partial charge is 0.366 e. The highest BCUT2D eigenvalue weighted by atomic mass is 19.1. The Balaban J connectivity index is 1.14. The summed E-state index contributed by atoms with van der Waals surface area (Å²) in [5.41, 5.74) is 6.64. The molecular weight excluding hydrogens is 441 g/mol. The van der Waals surface area contributed by atoms with Crippen LogP contribution in [-0.2, 0) is 4.79 Å². The quantitative estimate of drug-likeness (QED) is 0.561. The summed E-state index contributed by atoms with van der Waals surface area (Å²) in [5.74, 6) is -0.0553. The number of aryl methyl sites for hydroxylation is 2. The maximum absolute atomic E-state index is 14.1. The first-order valence-corrected chi connectivity index (χ1v) is 12.3. The van der Waals surface area contributed by atoms with E-state index >= 15 is 0 Å². The fourth-order valence-electron chi connectivity index (χ4n) is 4.81. The first kappa shape index (κ1) is 23.3. The second-order valence-corrected chi connectivity index (χ2v) is 9.48. The Morgan fingerprint density at radius 1 is 1.00 bits per heavy atom. The molecule has 1 fully saturated rings. The van der Waals surface area contributed by atoms with Crippen LogP contribution in [0.25, 0.3) is 11.3 Å². The summed E-state index contributed by atoms with van der Waals surface area (Å²) < 4.78 is 16.0. The molecule has 182 valence electrons. The molecule has 0 unspecified atom stereocenters. The number of nitrogens with zero attached hydrogens (tertiary/aromatic N) is 5. The van der Waals surface area contributed by atoms with Gasteiger partial charge in [0, 0.05) is 51.0 Å². The van der Waals surface area contributed by atoms with Gasteiger partial charge in [-0.25, -0.2) is 9.07 Å². The van der Waals surface area contributed by atoms with Gasteiger partial charge in [-0.1, -0.05) is 24.3 Å². The lowest BCUT2D eigenvalue weighted by molar-refractivity contribution is -0.132. The van der Waals surface area contributed by atoms with Crippen LogP contribution in [0.5, 0.6) is 0 Å². The van der Waals surface area contributed by atoms with Crippen molar-refractivity contribution in [3.63, 3.8) is 0 Å². The van der Waals surface area contributed by atoms with Gasteiger partial charge < -0.3 is 9.80 Å². The molecule has 1 amide bonds. The van der Waals surface area contributed by atoms with E-state index in [-0.39, 0.29) is 11.7 Å². The van der Waals surface area contributed by atoms with Crippen LogP contribution >= 0.6 is 0 Å². The van der Waals surface area contributed by atoms with E-state index in [2.05, 4.69) is 54.3 Å². The number of para-hydroxylation sites is 1. The lowest BCUT2D eigenvalue weighted by Crippen LogP contribution is -2.51. The smallest absolute Gasteiger partial charge is 0.236 e. The zero-order chi connectivity index (χ0) is 24.4. The van der Waals surface area contributed by atoms with Crippen molar-refractivity contribution >= 4 is 17.2 Å². The van der Waals surface area contributed by atoms with Crippen LogP contribution in [0.2, 0.25) is 0 Å². The van der Waals surface area contributed by atoms with E-state index in [4.69, 9.17) is 0 Å². The Morgan fingerprint density at radius 3 is 2.51 bits per heavy atom. The highest BCUT2D eigenvalue weighted by Gasteiger charge is 2.25. The van der Waals surface area contributed by atoms with Crippen LogP contribution in [0.3, 0.4) is 0 Å². The van der Waals surface area contributed by atoms with Crippen molar-refractivity contribution in [2.24, 2.45) is 0 Å². The van der Waals surface area contributed by atoms with Gasteiger partial charge >= 0.3 is 0 Å². The molecule has 0 saturated carbocycles. The maximum atomic E-state index is 14.1. The first-order chi connectivity index (χ1) is 17.0. The third kappa shape index (κ3) is 5.15. The van der Waals surface area contributed by atoms with Gasteiger partial charge in [0.2, 0.25) is 5.91 Å². The Bertz CT molecular complexity index is 1240. The fourth-order valence-corrected chi connectivity index (χ4v) is 4.81. The molecule has 0 aliphatic carbocycles. The van der Waals surface area contributed by atoms with E-state index in [0.29, 0.717) is 38.4 Å². The molecule has 1 saturated heterocycles. The second kappa shape index (κ2) is 10.0. The number of carbonyl (C=O) groups excluding carboxylic acids is 1. The predicted molar refractivity (Wildman–Crippen MR) is 137 cm³/mol. The molecule has 2 aliphatic rings. The molecule has 6 nitrogen and oxygen atoms in total. The minimum atomic E-state index is -0.206. The van der Waals surface area contributed by atoms with E-state index in [1.807, 2.05) is 26.7 Å². The molecule has 2 aromatic carbocycles. The van der Waals surface area contributed by atoms with Crippen LogP contribution < -0.4 is 4.90 Å². The van der Waals surface area contributed by atoms with Gasteiger partial charge in [-0.3, -0.25) is 9.69 Å². The molecule has 35 heavy (non-hydrogen) atoms. The number of halogens is 1. The average molecular weight is 474 g/mol. The van der Waals surface area contributed by atoms with Gasteiger partial charge in [-0.15, -0.1) is 0 Å². The van der Waals surface area contributed by atoms with Gasteiger partial charge in [0.15, 0.2) is 0 Å². The summed E-state index contributed by atoms with van der Waals surface area (Å²) in [7, 11) is 0. The van der Waals surface area contributed by atoms with E-state index < -0.39 is 0 Å². The van der Waals surface area contributed by atoms with Crippen LogP contribution in [0.4, 0.5) is 10.1 Å². The number of rotatable bonds is 5.